The third-order valence-corrected chi connectivity index (χ3v) is 3.54. The molecule has 0 aliphatic carbocycles. The van der Waals surface area contributed by atoms with Crippen molar-refractivity contribution < 1.29 is 14.7 Å². The normalized spacial score (nSPS) is 28.5. The summed E-state index contributed by atoms with van der Waals surface area (Å²) in [5.41, 5.74) is 0. The van der Waals surface area contributed by atoms with Crippen LogP contribution in [0.1, 0.15) is 20.3 Å². The molecule has 98 valence electrons. The Kier molecular flexibility index (Phi) is 3.11. The van der Waals surface area contributed by atoms with Crippen molar-refractivity contribution in [2.75, 3.05) is 4.90 Å². The molecule has 2 heterocycles. The summed E-state index contributed by atoms with van der Waals surface area (Å²) in [5.74, 6) is -1.10. The van der Waals surface area contributed by atoms with Gasteiger partial charge in [0.15, 0.2) is 5.82 Å². The standard InChI is InChI=1S/C12H17N3O3/c1-7-6-10(16)15(8(2)11(7)12(17)18)9-4-5-14(3)13-9/h4-5,7-8,11H,6H2,1-3H3,(H,17,18). The van der Waals surface area contributed by atoms with Crippen LogP contribution in [0.15, 0.2) is 12.3 Å². The first-order chi connectivity index (χ1) is 8.41. The monoisotopic (exact) mass is 251 g/mol. The molecule has 2 rings (SSSR count). The van der Waals surface area contributed by atoms with Crippen molar-refractivity contribution in [3.63, 3.8) is 0 Å². The Bertz CT molecular complexity index is 483. The van der Waals surface area contributed by atoms with Gasteiger partial charge in [0, 0.05) is 31.8 Å². The molecule has 1 aromatic rings. The molecule has 0 aromatic carbocycles. The van der Waals surface area contributed by atoms with Crippen LogP contribution in [0.5, 0.6) is 0 Å². The van der Waals surface area contributed by atoms with Crippen LogP contribution in [0.4, 0.5) is 5.82 Å². The van der Waals surface area contributed by atoms with E-state index in [-0.39, 0.29) is 24.3 Å². The Balaban J connectivity index is 2.34. The predicted molar refractivity (Wildman–Crippen MR) is 65.1 cm³/mol. The molecule has 3 atom stereocenters. The van der Waals surface area contributed by atoms with E-state index in [0.29, 0.717) is 5.82 Å². The van der Waals surface area contributed by atoms with E-state index in [2.05, 4.69) is 5.10 Å². The van der Waals surface area contributed by atoms with Gasteiger partial charge in [0.1, 0.15) is 0 Å². The van der Waals surface area contributed by atoms with Gasteiger partial charge in [-0.15, -0.1) is 0 Å². The van der Waals surface area contributed by atoms with Crippen molar-refractivity contribution in [2.45, 2.75) is 26.3 Å². The van der Waals surface area contributed by atoms with Crippen LogP contribution in [0.2, 0.25) is 0 Å². The van der Waals surface area contributed by atoms with Crippen molar-refractivity contribution in [1.29, 1.82) is 0 Å². The van der Waals surface area contributed by atoms with Gasteiger partial charge in [-0.25, -0.2) is 0 Å². The number of piperidine rings is 1. The molecular weight excluding hydrogens is 234 g/mol. The van der Waals surface area contributed by atoms with Gasteiger partial charge in [-0.1, -0.05) is 6.92 Å². The van der Waals surface area contributed by atoms with Crippen LogP contribution in [-0.4, -0.2) is 32.8 Å². The maximum absolute atomic E-state index is 12.1. The zero-order valence-corrected chi connectivity index (χ0v) is 10.7. The number of aryl methyl sites for hydroxylation is 1. The second-order valence-corrected chi connectivity index (χ2v) is 4.90. The Morgan fingerprint density at radius 1 is 1.50 bits per heavy atom. The summed E-state index contributed by atoms with van der Waals surface area (Å²) in [6, 6.07) is 1.34. The summed E-state index contributed by atoms with van der Waals surface area (Å²) in [6.07, 6.45) is 1.99. The van der Waals surface area contributed by atoms with Crippen LogP contribution < -0.4 is 4.90 Å². The van der Waals surface area contributed by atoms with E-state index in [4.69, 9.17) is 0 Å². The number of hydrogen-bond acceptors (Lipinski definition) is 3. The van der Waals surface area contributed by atoms with Crippen LogP contribution in [0.25, 0.3) is 0 Å². The molecule has 3 unspecified atom stereocenters. The molecule has 1 saturated heterocycles. The molecule has 0 radical (unpaired) electrons. The van der Waals surface area contributed by atoms with Crippen molar-refractivity contribution >= 4 is 17.7 Å². The lowest BCUT2D eigenvalue weighted by atomic mass is 9.81. The molecule has 1 N–H and O–H groups in total. The summed E-state index contributed by atoms with van der Waals surface area (Å²) >= 11 is 0. The number of nitrogens with zero attached hydrogens (tertiary/aromatic N) is 3. The van der Waals surface area contributed by atoms with E-state index in [1.807, 2.05) is 6.92 Å². The highest BCUT2D eigenvalue weighted by Crippen LogP contribution is 2.32. The van der Waals surface area contributed by atoms with E-state index >= 15 is 0 Å². The summed E-state index contributed by atoms with van der Waals surface area (Å²) in [7, 11) is 1.76. The highest BCUT2D eigenvalue weighted by molar-refractivity contribution is 5.95. The molecule has 6 nitrogen and oxygen atoms in total. The number of rotatable bonds is 2. The topological polar surface area (TPSA) is 75.4 Å². The second kappa shape index (κ2) is 4.44. The zero-order valence-electron chi connectivity index (χ0n) is 10.7. The molecule has 1 fully saturated rings. The third kappa shape index (κ3) is 1.98. The quantitative estimate of drug-likeness (QED) is 0.846. The van der Waals surface area contributed by atoms with E-state index in [1.54, 1.807) is 30.9 Å². The van der Waals surface area contributed by atoms with Gasteiger partial charge < -0.3 is 5.11 Å². The second-order valence-electron chi connectivity index (χ2n) is 4.90. The van der Waals surface area contributed by atoms with Gasteiger partial charge in [-0.05, 0) is 12.8 Å². The predicted octanol–water partition coefficient (Wildman–Crippen LogP) is 0.882. The molecule has 1 aromatic heterocycles. The molecule has 1 aliphatic rings. The maximum atomic E-state index is 12.1. The summed E-state index contributed by atoms with van der Waals surface area (Å²) in [4.78, 5) is 24.9. The van der Waals surface area contributed by atoms with Gasteiger partial charge in [-0.2, -0.15) is 5.10 Å². The highest BCUT2D eigenvalue weighted by Gasteiger charge is 2.42. The van der Waals surface area contributed by atoms with Crippen molar-refractivity contribution in [3.05, 3.63) is 12.3 Å². The number of carbonyl (C=O) groups excluding carboxylic acids is 1. The lowest BCUT2D eigenvalue weighted by molar-refractivity contribution is -0.146. The fraction of sp³-hybridized carbons (Fsp3) is 0.583. The number of aliphatic carboxylic acids is 1. The first-order valence-electron chi connectivity index (χ1n) is 5.96. The van der Waals surface area contributed by atoms with Gasteiger partial charge in [0.05, 0.1) is 5.92 Å². The minimum absolute atomic E-state index is 0.0637. The van der Waals surface area contributed by atoms with E-state index < -0.39 is 11.9 Å². The van der Waals surface area contributed by atoms with E-state index in [9.17, 15) is 14.7 Å². The minimum atomic E-state index is -0.858. The first-order valence-corrected chi connectivity index (χ1v) is 5.96. The maximum Gasteiger partial charge on any atom is 0.308 e. The SMILES string of the molecule is CC1CC(=O)N(c2ccn(C)n2)C(C)C1C(=O)O. The molecule has 6 heteroatoms. The van der Waals surface area contributed by atoms with Gasteiger partial charge in [-0.3, -0.25) is 19.2 Å². The van der Waals surface area contributed by atoms with Crippen molar-refractivity contribution in [2.24, 2.45) is 18.9 Å². The van der Waals surface area contributed by atoms with Crippen molar-refractivity contribution in [1.82, 2.24) is 9.78 Å². The molecule has 1 aliphatic heterocycles. The summed E-state index contributed by atoms with van der Waals surface area (Å²) in [6.45, 7) is 3.57. The number of hydrogen-bond donors (Lipinski definition) is 1. The van der Waals surface area contributed by atoms with Crippen LogP contribution in [0, 0.1) is 11.8 Å². The fourth-order valence-electron chi connectivity index (χ4n) is 2.68. The molecule has 18 heavy (non-hydrogen) atoms. The van der Waals surface area contributed by atoms with E-state index in [1.165, 1.54) is 4.90 Å². The van der Waals surface area contributed by atoms with Crippen LogP contribution in [-0.2, 0) is 16.6 Å². The number of carbonyl (C=O) groups is 2. The average Bonchev–Trinajstić information content (AvgIpc) is 2.63. The number of amides is 1. The summed E-state index contributed by atoms with van der Waals surface area (Å²) in [5, 5.41) is 13.5. The Morgan fingerprint density at radius 2 is 2.17 bits per heavy atom. The Morgan fingerprint density at radius 3 is 2.67 bits per heavy atom. The third-order valence-electron chi connectivity index (χ3n) is 3.54. The van der Waals surface area contributed by atoms with Gasteiger partial charge in [0.2, 0.25) is 5.91 Å². The number of carboxylic acids is 1. The van der Waals surface area contributed by atoms with Gasteiger partial charge >= 0.3 is 5.97 Å². The van der Waals surface area contributed by atoms with Crippen molar-refractivity contribution in [3.8, 4) is 0 Å². The Labute approximate surface area is 105 Å². The Hall–Kier alpha value is -1.85. The zero-order chi connectivity index (χ0) is 13.4. The lowest BCUT2D eigenvalue weighted by Gasteiger charge is -2.39. The number of carboxylic acid groups (broad SMARTS) is 1. The average molecular weight is 251 g/mol. The molecule has 0 saturated carbocycles. The summed E-state index contributed by atoms with van der Waals surface area (Å²) < 4.78 is 1.60. The largest absolute Gasteiger partial charge is 0.481 e. The molecule has 0 spiro atoms. The molecular formula is C12H17N3O3. The van der Waals surface area contributed by atoms with Crippen LogP contribution in [0.3, 0.4) is 0 Å². The lowest BCUT2D eigenvalue weighted by Crippen LogP contribution is -2.53. The van der Waals surface area contributed by atoms with Gasteiger partial charge in [0.25, 0.3) is 0 Å². The highest BCUT2D eigenvalue weighted by atomic mass is 16.4. The van der Waals surface area contributed by atoms with E-state index in [0.717, 1.165) is 0 Å². The molecule has 0 bridgehead atoms. The minimum Gasteiger partial charge on any atom is -0.481 e. The fourth-order valence-corrected chi connectivity index (χ4v) is 2.68. The molecule has 1 amide bonds. The number of anilines is 1. The first kappa shape index (κ1) is 12.6. The number of aromatic nitrogens is 2. The smallest absolute Gasteiger partial charge is 0.308 e. The van der Waals surface area contributed by atoms with Crippen LogP contribution >= 0.6 is 0 Å².